The maximum Gasteiger partial charge on any atom is 0.233 e. The van der Waals surface area contributed by atoms with E-state index in [1.807, 2.05) is 29.8 Å². The van der Waals surface area contributed by atoms with E-state index in [2.05, 4.69) is 20.1 Å². The highest BCUT2D eigenvalue weighted by Gasteiger charge is 2.25. The Hall–Kier alpha value is -1.41. The van der Waals surface area contributed by atoms with Crippen molar-refractivity contribution in [3.8, 4) is 0 Å². The van der Waals surface area contributed by atoms with Crippen LogP contribution in [0, 0.1) is 0 Å². The standard InChI is InChI=1S/C13H15OSi/c1-4-15(5-2,6-3)13-9-7-12(11-14)8-10-13/h4-5,7-10H,1-2,6H2,3H3. The minimum atomic E-state index is -1.73. The van der Waals surface area contributed by atoms with E-state index in [-0.39, 0.29) is 0 Å². The molecule has 0 aromatic heterocycles. The van der Waals surface area contributed by atoms with Crippen molar-refractivity contribution in [1.82, 2.24) is 0 Å². The fourth-order valence-corrected chi connectivity index (χ4v) is 4.07. The Morgan fingerprint density at radius 2 is 1.80 bits per heavy atom. The van der Waals surface area contributed by atoms with Gasteiger partial charge >= 0.3 is 0 Å². The molecule has 15 heavy (non-hydrogen) atoms. The van der Waals surface area contributed by atoms with Crippen LogP contribution in [0.5, 0.6) is 0 Å². The van der Waals surface area contributed by atoms with Crippen molar-refractivity contribution in [2.45, 2.75) is 13.0 Å². The lowest BCUT2D eigenvalue weighted by Gasteiger charge is -2.22. The summed E-state index contributed by atoms with van der Waals surface area (Å²) in [6.45, 7) is 9.96. The van der Waals surface area contributed by atoms with Gasteiger partial charge in [-0.2, -0.15) is 0 Å². The third-order valence-electron chi connectivity index (χ3n) is 2.85. The fourth-order valence-electron chi connectivity index (χ4n) is 1.66. The smallest absolute Gasteiger partial charge is 0.233 e. The van der Waals surface area contributed by atoms with Gasteiger partial charge in [-0.3, -0.25) is 4.79 Å². The van der Waals surface area contributed by atoms with Crippen molar-refractivity contribution in [3.05, 3.63) is 54.4 Å². The minimum Gasteiger partial charge on any atom is -0.285 e. The molecule has 77 valence electrons. The van der Waals surface area contributed by atoms with Crippen molar-refractivity contribution in [2.24, 2.45) is 0 Å². The van der Waals surface area contributed by atoms with Gasteiger partial charge in [0.1, 0.15) is 8.07 Å². The largest absolute Gasteiger partial charge is 0.285 e. The predicted molar refractivity (Wildman–Crippen MR) is 67.5 cm³/mol. The van der Waals surface area contributed by atoms with Gasteiger partial charge in [0.05, 0.1) is 0 Å². The zero-order valence-corrected chi connectivity index (χ0v) is 9.99. The summed E-state index contributed by atoms with van der Waals surface area (Å²) in [5, 5.41) is 1.24. The van der Waals surface area contributed by atoms with Crippen LogP contribution in [0.2, 0.25) is 6.04 Å². The molecule has 0 bridgehead atoms. The van der Waals surface area contributed by atoms with Gasteiger partial charge in [-0.05, 0) is 6.04 Å². The number of rotatable bonds is 5. The summed E-state index contributed by atoms with van der Waals surface area (Å²) in [6.07, 6.45) is 1.87. The first-order valence-electron chi connectivity index (χ1n) is 4.98. The number of benzene rings is 1. The van der Waals surface area contributed by atoms with Crippen LogP contribution in [0.4, 0.5) is 0 Å². The number of hydrogen-bond donors (Lipinski definition) is 0. The molecule has 0 saturated carbocycles. The highest BCUT2D eigenvalue weighted by atomic mass is 28.3. The minimum absolute atomic E-state index is 0.589. The Bertz CT molecular complexity index is 357. The molecule has 0 N–H and O–H groups in total. The lowest BCUT2D eigenvalue weighted by Crippen LogP contribution is -2.43. The van der Waals surface area contributed by atoms with Crippen molar-refractivity contribution < 1.29 is 4.79 Å². The predicted octanol–water partition coefficient (Wildman–Crippen LogP) is 2.27. The van der Waals surface area contributed by atoms with Crippen LogP contribution in [0.25, 0.3) is 0 Å². The van der Waals surface area contributed by atoms with Crippen LogP contribution in [0.15, 0.2) is 48.8 Å². The molecular formula is C13H15OSi. The van der Waals surface area contributed by atoms with Gasteiger partial charge in [-0.15, -0.1) is 13.2 Å². The molecule has 0 atom stereocenters. The molecule has 0 aliphatic rings. The van der Waals surface area contributed by atoms with Gasteiger partial charge in [0.15, 0.2) is 0 Å². The van der Waals surface area contributed by atoms with Crippen LogP contribution < -0.4 is 5.19 Å². The van der Waals surface area contributed by atoms with Crippen LogP contribution in [0.1, 0.15) is 12.5 Å². The van der Waals surface area contributed by atoms with E-state index >= 15 is 0 Å². The van der Waals surface area contributed by atoms with E-state index in [1.54, 1.807) is 12.1 Å². The lowest BCUT2D eigenvalue weighted by molar-refractivity contribution is 0.563. The first kappa shape index (κ1) is 11.7. The van der Waals surface area contributed by atoms with E-state index in [1.165, 1.54) is 5.19 Å². The van der Waals surface area contributed by atoms with Crippen LogP contribution in [-0.2, 0) is 4.79 Å². The van der Waals surface area contributed by atoms with Gasteiger partial charge in [0.2, 0.25) is 6.29 Å². The average Bonchev–Trinajstić information content (AvgIpc) is 2.33. The lowest BCUT2D eigenvalue weighted by atomic mass is 10.2. The highest BCUT2D eigenvalue weighted by molar-refractivity contribution is 6.99. The SMILES string of the molecule is C=C[Si](C=C)(CC)c1ccc([C]=O)cc1. The molecule has 1 radical (unpaired) electrons. The van der Waals surface area contributed by atoms with Crippen molar-refractivity contribution in [2.75, 3.05) is 0 Å². The van der Waals surface area contributed by atoms with E-state index in [0.717, 1.165) is 6.04 Å². The molecule has 0 saturated heterocycles. The fraction of sp³-hybridized carbons (Fsp3) is 0.154. The van der Waals surface area contributed by atoms with Crippen molar-refractivity contribution >= 4 is 19.5 Å². The normalized spacial score (nSPS) is 10.7. The summed E-state index contributed by atoms with van der Waals surface area (Å²) >= 11 is 0. The monoisotopic (exact) mass is 215 g/mol. The Labute approximate surface area is 92.1 Å². The van der Waals surface area contributed by atoms with E-state index in [4.69, 9.17) is 0 Å². The van der Waals surface area contributed by atoms with Gasteiger partial charge in [-0.1, -0.05) is 47.8 Å². The molecule has 0 spiro atoms. The molecule has 0 fully saturated rings. The molecule has 1 rings (SSSR count). The first-order valence-corrected chi connectivity index (χ1v) is 7.34. The maximum atomic E-state index is 10.4. The van der Waals surface area contributed by atoms with Crippen LogP contribution in [0.3, 0.4) is 0 Å². The van der Waals surface area contributed by atoms with Gasteiger partial charge in [0.25, 0.3) is 0 Å². The third-order valence-corrected chi connectivity index (χ3v) is 6.89. The molecule has 0 aliphatic heterocycles. The van der Waals surface area contributed by atoms with Gasteiger partial charge in [-0.25, -0.2) is 0 Å². The molecular weight excluding hydrogens is 200 g/mol. The molecule has 1 nitrogen and oxygen atoms in total. The Kier molecular flexibility index (Phi) is 3.80. The summed E-state index contributed by atoms with van der Waals surface area (Å²) in [6, 6.07) is 8.61. The summed E-state index contributed by atoms with van der Waals surface area (Å²) in [5.74, 6) is 0. The van der Waals surface area contributed by atoms with Crippen LogP contribution >= 0.6 is 0 Å². The maximum absolute atomic E-state index is 10.4. The third kappa shape index (κ3) is 2.15. The van der Waals surface area contributed by atoms with E-state index in [9.17, 15) is 4.79 Å². The average molecular weight is 215 g/mol. The van der Waals surface area contributed by atoms with Crippen molar-refractivity contribution in [1.29, 1.82) is 0 Å². The number of carbonyl (C=O) groups excluding carboxylic acids is 1. The quantitative estimate of drug-likeness (QED) is 0.689. The molecule has 0 heterocycles. The summed E-state index contributed by atoms with van der Waals surface area (Å²) in [4.78, 5) is 10.4. The molecule has 0 unspecified atom stereocenters. The Morgan fingerprint density at radius 3 is 2.13 bits per heavy atom. The molecule has 1 aromatic carbocycles. The van der Waals surface area contributed by atoms with Gasteiger partial charge in [0, 0.05) is 5.56 Å². The second-order valence-corrected chi connectivity index (χ2v) is 7.66. The van der Waals surface area contributed by atoms with Crippen molar-refractivity contribution in [3.63, 3.8) is 0 Å². The second kappa shape index (κ2) is 4.89. The molecule has 1 aromatic rings. The zero-order valence-electron chi connectivity index (χ0n) is 8.99. The molecule has 2 heteroatoms. The van der Waals surface area contributed by atoms with E-state index < -0.39 is 8.07 Å². The molecule has 0 amide bonds. The van der Waals surface area contributed by atoms with E-state index in [0.29, 0.717) is 5.56 Å². The summed E-state index contributed by atoms with van der Waals surface area (Å²) < 4.78 is 0. The number of hydrogen-bond acceptors (Lipinski definition) is 1. The van der Waals surface area contributed by atoms with Gasteiger partial charge < -0.3 is 0 Å². The second-order valence-electron chi connectivity index (χ2n) is 3.48. The first-order chi connectivity index (χ1) is 7.22. The summed E-state index contributed by atoms with van der Waals surface area (Å²) in [5.41, 5.74) is 4.64. The summed E-state index contributed by atoms with van der Waals surface area (Å²) in [7, 11) is -1.73. The topological polar surface area (TPSA) is 17.1 Å². The van der Waals surface area contributed by atoms with Crippen LogP contribution in [-0.4, -0.2) is 14.4 Å². The Morgan fingerprint density at radius 1 is 1.27 bits per heavy atom. The Balaban J connectivity index is 3.17. The zero-order chi connectivity index (χ0) is 11.3. The highest BCUT2D eigenvalue weighted by Crippen LogP contribution is 2.12. The molecule has 0 aliphatic carbocycles.